The number of rotatable bonds is 4. The van der Waals surface area contributed by atoms with Gasteiger partial charge in [0.05, 0.1) is 0 Å². The van der Waals surface area contributed by atoms with E-state index in [1.807, 2.05) is 36.0 Å². The summed E-state index contributed by atoms with van der Waals surface area (Å²) in [5, 5.41) is 13.6. The number of ether oxygens (including phenoxy) is 1. The minimum absolute atomic E-state index is 0.249. The highest BCUT2D eigenvalue weighted by atomic mass is 35.5. The number of carbonyl (C=O) groups excluding carboxylic acids is 1. The smallest absolute Gasteiger partial charge is 0.309 e. The Balaban J connectivity index is 1.78. The third-order valence-electron chi connectivity index (χ3n) is 4.27. The van der Waals surface area contributed by atoms with Crippen LogP contribution in [0.5, 0.6) is 5.88 Å². The summed E-state index contributed by atoms with van der Waals surface area (Å²) in [5.74, 6) is 2.84. The number of esters is 1. The van der Waals surface area contributed by atoms with Crippen LogP contribution in [0.1, 0.15) is 19.8 Å². The monoisotopic (exact) mass is 419 g/mol. The number of carbonyl (C=O) groups is 1. The lowest BCUT2D eigenvalue weighted by molar-refractivity contribution is -0.132. The Hall–Kier alpha value is -1.83. The van der Waals surface area contributed by atoms with Crippen molar-refractivity contribution in [3.63, 3.8) is 0 Å². The molecule has 0 aliphatic carbocycles. The molecule has 1 aliphatic rings. The number of nitrogens with zero attached hydrogens (tertiary/aromatic N) is 2. The van der Waals surface area contributed by atoms with Crippen LogP contribution in [-0.4, -0.2) is 33.7 Å². The molecule has 8 heteroatoms. The number of hydrogen-bond donors (Lipinski definition) is 1. The lowest BCUT2D eigenvalue weighted by Crippen LogP contribution is -2.26. The molecule has 0 bridgehead atoms. The summed E-state index contributed by atoms with van der Waals surface area (Å²) >= 11 is 9.62. The van der Waals surface area contributed by atoms with Crippen molar-refractivity contribution in [1.29, 1.82) is 0 Å². The first-order valence-corrected chi connectivity index (χ1v) is 11.0. The molecule has 140 valence electrons. The molecule has 0 radical (unpaired) electrons. The van der Waals surface area contributed by atoms with Crippen molar-refractivity contribution in [3.8, 4) is 16.3 Å². The van der Waals surface area contributed by atoms with Crippen LogP contribution in [0.4, 0.5) is 5.82 Å². The number of anilines is 1. The second kappa shape index (κ2) is 8.04. The largest absolute Gasteiger partial charge is 0.404 e. The predicted octanol–water partition coefficient (Wildman–Crippen LogP) is 5.24. The van der Waals surface area contributed by atoms with Crippen LogP contribution in [0.15, 0.2) is 30.3 Å². The molecule has 1 atom stereocenters. The highest BCUT2D eigenvalue weighted by Gasteiger charge is 2.20. The summed E-state index contributed by atoms with van der Waals surface area (Å²) in [6.45, 7) is 1.37. The number of aromatic nitrogens is 2. The number of fused-ring (bicyclic) bond motifs is 1. The van der Waals surface area contributed by atoms with E-state index in [-0.39, 0.29) is 5.88 Å². The molecule has 1 aromatic carbocycles. The van der Waals surface area contributed by atoms with Crippen molar-refractivity contribution in [2.75, 3.05) is 16.8 Å². The summed E-state index contributed by atoms with van der Waals surface area (Å²) in [6, 6.07) is 10.1. The molecule has 1 fully saturated rings. The van der Waals surface area contributed by atoms with Crippen LogP contribution in [-0.2, 0) is 4.79 Å². The van der Waals surface area contributed by atoms with Gasteiger partial charge in [-0.2, -0.15) is 11.8 Å². The van der Waals surface area contributed by atoms with E-state index >= 15 is 0 Å². The standard InChI is InChI=1S/C19H18ClN3O2S2/c1-11(24)25-19-17-15(9-16(27-17)12-4-2-5-13(20)8-12)18(22-23-19)21-14-6-3-7-26-10-14/h2,4-5,8-9,14H,3,6-7,10H2,1H3,(H,21,22). The molecule has 4 rings (SSSR count). The number of thioether (sulfide) groups is 1. The Morgan fingerprint density at radius 2 is 2.22 bits per heavy atom. The third kappa shape index (κ3) is 4.20. The average Bonchev–Trinajstić information content (AvgIpc) is 3.10. The van der Waals surface area contributed by atoms with Gasteiger partial charge >= 0.3 is 5.97 Å². The fourth-order valence-corrected chi connectivity index (χ4v) is 5.40. The normalized spacial score (nSPS) is 17.0. The minimum atomic E-state index is -0.410. The van der Waals surface area contributed by atoms with Gasteiger partial charge in [-0.3, -0.25) is 4.79 Å². The SMILES string of the molecule is CC(=O)Oc1nnc(NC2CCCSC2)c2cc(-c3cccc(Cl)c3)sc12. The Kier molecular flexibility index (Phi) is 5.52. The summed E-state index contributed by atoms with van der Waals surface area (Å²) in [5.41, 5.74) is 1.01. The maximum atomic E-state index is 11.5. The molecule has 1 N–H and O–H groups in total. The van der Waals surface area contributed by atoms with Gasteiger partial charge in [-0.15, -0.1) is 21.5 Å². The number of thiophene rings is 1. The summed E-state index contributed by atoms with van der Waals surface area (Å²) < 4.78 is 6.09. The van der Waals surface area contributed by atoms with Gasteiger partial charge < -0.3 is 10.1 Å². The second-order valence-corrected chi connectivity index (χ2v) is 9.01. The molecule has 3 heterocycles. The zero-order valence-electron chi connectivity index (χ0n) is 14.7. The minimum Gasteiger partial charge on any atom is -0.404 e. The molecule has 0 amide bonds. The summed E-state index contributed by atoms with van der Waals surface area (Å²) in [7, 11) is 0. The molecule has 3 aromatic rings. The molecule has 1 aliphatic heterocycles. The van der Waals surface area contributed by atoms with E-state index in [2.05, 4.69) is 21.6 Å². The van der Waals surface area contributed by atoms with Gasteiger partial charge in [0, 0.05) is 34.0 Å². The van der Waals surface area contributed by atoms with Crippen molar-refractivity contribution in [2.24, 2.45) is 0 Å². The Bertz CT molecular complexity index is 986. The molecular weight excluding hydrogens is 402 g/mol. The topological polar surface area (TPSA) is 64.1 Å². The van der Waals surface area contributed by atoms with Gasteiger partial charge in [-0.1, -0.05) is 23.7 Å². The number of benzene rings is 1. The lowest BCUT2D eigenvalue weighted by atomic mass is 10.1. The summed E-state index contributed by atoms with van der Waals surface area (Å²) in [4.78, 5) is 12.5. The first kappa shape index (κ1) is 18.5. The van der Waals surface area contributed by atoms with Crippen LogP contribution in [0, 0.1) is 0 Å². The van der Waals surface area contributed by atoms with Crippen LogP contribution in [0.2, 0.25) is 5.02 Å². The summed E-state index contributed by atoms with van der Waals surface area (Å²) in [6.07, 6.45) is 2.31. The van der Waals surface area contributed by atoms with E-state index in [0.29, 0.717) is 11.1 Å². The Morgan fingerprint density at radius 1 is 1.33 bits per heavy atom. The Labute approximate surface area is 170 Å². The fourth-order valence-electron chi connectivity index (χ4n) is 3.06. The molecule has 2 aromatic heterocycles. The molecule has 27 heavy (non-hydrogen) atoms. The first-order chi connectivity index (χ1) is 13.1. The number of hydrogen-bond acceptors (Lipinski definition) is 7. The van der Waals surface area contributed by atoms with Gasteiger partial charge in [0.2, 0.25) is 0 Å². The van der Waals surface area contributed by atoms with Crippen molar-refractivity contribution in [3.05, 3.63) is 35.4 Å². The van der Waals surface area contributed by atoms with Gasteiger partial charge in [0.1, 0.15) is 4.70 Å². The number of nitrogens with one attached hydrogen (secondary N) is 1. The van der Waals surface area contributed by atoms with Gasteiger partial charge in [-0.05, 0) is 42.4 Å². The highest BCUT2D eigenvalue weighted by molar-refractivity contribution is 7.99. The quantitative estimate of drug-likeness (QED) is 0.583. The van der Waals surface area contributed by atoms with E-state index in [4.69, 9.17) is 16.3 Å². The lowest BCUT2D eigenvalue weighted by Gasteiger charge is -2.23. The van der Waals surface area contributed by atoms with E-state index in [1.165, 1.54) is 30.4 Å². The van der Waals surface area contributed by atoms with E-state index in [0.717, 1.165) is 38.5 Å². The average molecular weight is 420 g/mol. The zero-order valence-corrected chi connectivity index (χ0v) is 17.1. The molecular formula is C19H18ClN3O2S2. The van der Waals surface area contributed by atoms with Crippen molar-refractivity contribution >= 4 is 56.6 Å². The van der Waals surface area contributed by atoms with Crippen molar-refractivity contribution in [1.82, 2.24) is 10.2 Å². The maximum Gasteiger partial charge on any atom is 0.309 e. The van der Waals surface area contributed by atoms with Crippen LogP contribution in [0.3, 0.4) is 0 Å². The molecule has 0 spiro atoms. The van der Waals surface area contributed by atoms with Crippen molar-refractivity contribution in [2.45, 2.75) is 25.8 Å². The molecule has 5 nitrogen and oxygen atoms in total. The van der Waals surface area contributed by atoms with Crippen LogP contribution in [0.25, 0.3) is 20.5 Å². The van der Waals surface area contributed by atoms with Crippen LogP contribution < -0.4 is 10.1 Å². The predicted molar refractivity (Wildman–Crippen MR) is 113 cm³/mol. The van der Waals surface area contributed by atoms with Gasteiger partial charge in [0.15, 0.2) is 5.82 Å². The second-order valence-electron chi connectivity index (χ2n) is 6.37. The van der Waals surface area contributed by atoms with E-state index in [9.17, 15) is 4.79 Å². The molecule has 1 saturated heterocycles. The van der Waals surface area contributed by atoms with Crippen LogP contribution >= 0.6 is 34.7 Å². The van der Waals surface area contributed by atoms with Gasteiger partial charge in [-0.25, -0.2) is 0 Å². The van der Waals surface area contributed by atoms with Gasteiger partial charge in [0.25, 0.3) is 5.88 Å². The molecule has 1 unspecified atom stereocenters. The van der Waals surface area contributed by atoms with E-state index in [1.54, 1.807) is 0 Å². The van der Waals surface area contributed by atoms with Crippen molar-refractivity contribution < 1.29 is 9.53 Å². The fraction of sp³-hybridized carbons (Fsp3) is 0.316. The Morgan fingerprint density at radius 3 is 2.96 bits per heavy atom. The highest BCUT2D eigenvalue weighted by Crippen LogP contribution is 2.41. The third-order valence-corrected chi connectivity index (χ3v) is 6.90. The maximum absolute atomic E-state index is 11.5. The van der Waals surface area contributed by atoms with E-state index < -0.39 is 5.97 Å². The molecule has 0 saturated carbocycles. The number of halogens is 1. The first-order valence-electron chi connectivity index (χ1n) is 8.69. The zero-order chi connectivity index (χ0) is 18.8.